The number of aromatic amines is 1. The Morgan fingerprint density at radius 3 is 3.00 bits per heavy atom. The van der Waals surface area contributed by atoms with Gasteiger partial charge in [0.1, 0.15) is 6.04 Å². The molecule has 1 aromatic heterocycles. The number of fused-ring (bicyclic) bond motifs is 1. The highest BCUT2D eigenvalue weighted by Gasteiger charge is 2.37. The number of hydrogen-bond donors (Lipinski definition) is 3. The van der Waals surface area contributed by atoms with Crippen molar-refractivity contribution in [2.75, 3.05) is 12.3 Å². The highest BCUT2D eigenvalue weighted by molar-refractivity contribution is 7.99. The van der Waals surface area contributed by atoms with Crippen LogP contribution in [-0.2, 0) is 4.79 Å². The Balaban J connectivity index is 1.45. The molecule has 0 amide bonds. The number of tetrazole rings is 1. The van der Waals surface area contributed by atoms with Crippen molar-refractivity contribution in [2.45, 2.75) is 43.3 Å². The molecular weight excluding hydrogens is 290 g/mol. The summed E-state index contributed by atoms with van der Waals surface area (Å²) in [5.74, 6) is 2.26. The Bertz CT molecular complexity index is 469. The summed E-state index contributed by atoms with van der Waals surface area (Å²) >= 11 is 1.66. The fourth-order valence-electron chi connectivity index (χ4n) is 3.65. The molecule has 1 aliphatic carbocycles. The molecule has 0 bridgehead atoms. The smallest absolute Gasteiger partial charge is 0.320 e. The summed E-state index contributed by atoms with van der Waals surface area (Å²) in [6.45, 7) is 0.868. The van der Waals surface area contributed by atoms with Crippen LogP contribution in [-0.4, -0.2) is 50.0 Å². The molecule has 1 saturated carbocycles. The van der Waals surface area contributed by atoms with Crippen LogP contribution < -0.4 is 5.32 Å². The topological polar surface area (TPSA) is 104 Å². The summed E-state index contributed by atoms with van der Waals surface area (Å²) in [5.41, 5.74) is 0. The number of piperidine rings is 1. The maximum absolute atomic E-state index is 11.1. The van der Waals surface area contributed by atoms with E-state index in [-0.39, 0.29) is 6.04 Å². The van der Waals surface area contributed by atoms with Gasteiger partial charge in [0.25, 0.3) is 0 Å². The number of rotatable bonds is 5. The first kappa shape index (κ1) is 14.8. The van der Waals surface area contributed by atoms with Gasteiger partial charge in [0.2, 0.25) is 5.16 Å². The fourth-order valence-corrected chi connectivity index (χ4v) is 4.49. The van der Waals surface area contributed by atoms with E-state index >= 15 is 0 Å². The van der Waals surface area contributed by atoms with E-state index < -0.39 is 5.97 Å². The van der Waals surface area contributed by atoms with Crippen LogP contribution in [0.3, 0.4) is 0 Å². The van der Waals surface area contributed by atoms with Gasteiger partial charge in [-0.3, -0.25) is 4.79 Å². The molecule has 116 valence electrons. The predicted octanol–water partition coefficient (Wildman–Crippen LogP) is 1.16. The summed E-state index contributed by atoms with van der Waals surface area (Å²) in [4.78, 5) is 11.1. The molecule has 4 atom stereocenters. The van der Waals surface area contributed by atoms with E-state index in [1.807, 2.05) is 0 Å². The largest absolute Gasteiger partial charge is 0.480 e. The molecule has 7 nitrogen and oxygen atoms in total. The number of nitrogens with one attached hydrogen (secondary N) is 2. The van der Waals surface area contributed by atoms with E-state index in [2.05, 4.69) is 25.9 Å². The van der Waals surface area contributed by atoms with Crippen molar-refractivity contribution in [2.24, 2.45) is 17.8 Å². The molecule has 8 heteroatoms. The van der Waals surface area contributed by atoms with Crippen LogP contribution >= 0.6 is 11.8 Å². The van der Waals surface area contributed by atoms with Gasteiger partial charge in [0.05, 0.1) is 0 Å². The zero-order valence-corrected chi connectivity index (χ0v) is 12.7. The van der Waals surface area contributed by atoms with Gasteiger partial charge in [-0.25, -0.2) is 5.10 Å². The fraction of sp³-hybridized carbons (Fsp3) is 0.846. The van der Waals surface area contributed by atoms with Gasteiger partial charge in [0, 0.05) is 5.75 Å². The molecule has 21 heavy (non-hydrogen) atoms. The number of thioether (sulfide) groups is 1. The third-order valence-electron chi connectivity index (χ3n) is 4.80. The number of carbonyl (C=O) groups is 1. The Morgan fingerprint density at radius 1 is 1.33 bits per heavy atom. The standard InChI is InChI=1S/C13H21N5O2S/c19-12(20)11-6-10-5-8(1-2-9(10)7-14-11)3-4-21-13-15-17-18-16-13/h8-11,14H,1-7H2,(H,19,20)(H,15,16,17,18)/t8-,9+,10-,11+/m1/s1. The molecule has 1 aromatic rings. The average molecular weight is 311 g/mol. The molecule has 3 N–H and O–H groups in total. The molecule has 2 fully saturated rings. The lowest BCUT2D eigenvalue weighted by atomic mass is 9.69. The van der Waals surface area contributed by atoms with Crippen LogP contribution in [0.15, 0.2) is 5.16 Å². The monoisotopic (exact) mass is 311 g/mol. The average Bonchev–Trinajstić information content (AvgIpc) is 2.99. The zero-order chi connectivity index (χ0) is 14.7. The van der Waals surface area contributed by atoms with Crippen LogP contribution in [0, 0.1) is 17.8 Å². The lowest BCUT2D eigenvalue weighted by Gasteiger charge is -2.41. The van der Waals surface area contributed by atoms with Crippen molar-refractivity contribution in [3.63, 3.8) is 0 Å². The summed E-state index contributed by atoms with van der Waals surface area (Å²) in [6, 6.07) is -0.348. The van der Waals surface area contributed by atoms with E-state index in [9.17, 15) is 4.79 Å². The number of nitrogens with zero attached hydrogens (tertiary/aromatic N) is 3. The predicted molar refractivity (Wildman–Crippen MR) is 77.9 cm³/mol. The second-order valence-corrected chi connectivity index (χ2v) is 7.16. The molecule has 0 unspecified atom stereocenters. The lowest BCUT2D eigenvalue weighted by molar-refractivity contribution is -0.141. The molecule has 3 rings (SSSR count). The minimum atomic E-state index is -0.705. The van der Waals surface area contributed by atoms with Gasteiger partial charge in [-0.15, -0.1) is 5.10 Å². The molecule has 2 aliphatic rings. The first-order valence-electron chi connectivity index (χ1n) is 7.55. The van der Waals surface area contributed by atoms with E-state index in [4.69, 9.17) is 5.11 Å². The van der Waals surface area contributed by atoms with Crippen molar-refractivity contribution >= 4 is 17.7 Å². The van der Waals surface area contributed by atoms with Crippen LogP contribution in [0.1, 0.15) is 32.1 Å². The Morgan fingerprint density at radius 2 is 2.24 bits per heavy atom. The number of aliphatic carboxylic acids is 1. The maximum atomic E-state index is 11.1. The van der Waals surface area contributed by atoms with Crippen molar-refractivity contribution < 1.29 is 9.90 Å². The molecule has 2 heterocycles. The second kappa shape index (κ2) is 6.74. The highest BCUT2D eigenvalue weighted by atomic mass is 32.2. The van der Waals surface area contributed by atoms with E-state index in [1.165, 1.54) is 19.3 Å². The Kier molecular flexibility index (Phi) is 4.74. The first-order chi connectivity index (χ1) is 10.2. The van der Waals surface area contributed by atoms with Gasteiger partial charge in [0.15, 0.2) is 0 Å². The molecule has 0 radical (unpaired) electrons. The van der Waals surface area contributed by atoms with E-state index in [0.717, 1.165) is 30.3 Å². The first-order valence-corrected chi connectivity index (χ1v) is 8.53. The van der Waals surface area contributed by atoms with Crippen molar-refractivity contribution in [3.05, 3.63) is 0 Å². The van der Waals surface area contributed by atoms with Crippen LogP contribution in [0.4, 0.5) is 0 Å². The number of carboxylic acids is 1. The van der Waals surface area contributed by atoms with Crippen molar-refractivity contribution in [3.8, 4) is 0 Å². The number of carboxylic acid groups (broad SMARTS) is 1. The number of aromatic nitrogens is 4. The number of H-pyrrole nitrogens is 1. The SMILES string of the molecule is O=C(O)[C@@H]1C[C@H]2C[C@@H](CCSc3nnn[nH]3)CC[C@H]2CN1. The van der Waals surface area contributed by atoms with Gasteiger partial charge in [-0.05, 0) is 60.4 Å². The minimum Gasteiger partial charge on any atom is -0.480 e. The summed E-state index contributed by atoms with van der Waals surface area (Å²) in [6.07, 6.45) is 5.60. The molecule has 0 aromatic carbocycles. The van der Waals surface area contributed by atoms with Gasteiger partial charge in [-0.1, -0.05) is 18.2 Å². The summed E-state index contributed by atoms with van der Waals surface area (Å²) < 4.78 is 0. The maximum Gasteiger partial charge on any atom is 0.320 e. The van der Waals surface area contributed by atoms with Crippen LogP contribution in [0.2, 0.25) is 0 Å². The zero-order valence-electron chi connectivity index (χ0n) is 11.9. The van der Waals surface area contributed by atoms with Crippen LogP contribution in [0.5, 0.6) is 0 Å². The van der Waals surface area contributed by atoms with Crippen molar-refractivity contribution in [1.29, 1.82) is 0 Å². The van der Waals surface area contributed by atoms with Gasteiger partial charge < -0.3 is 10.4 Å². The van der Waals surface area contributed by atoms with Gasteiger partial charge in [-0.2, -0.15) is 0 Å². The highest BCUT2D eigenvalue weighted by Crippen LogP contribution is 2.40. The lowest BCUT2D eigenvalue weighted by Crippen LogP contribution is -2.49. The second-order valence-electron chi connectivity index (χ2n) is 6.08. The third kappa shape index (κ3) is 3.74. The van der Waals surface area contributed by atoms with E-state index in [1.54, 1.807) is 11.8 Å². The molecular formula is C13H21N5O2S. The summed E-state index contributed by atoms with van der Waals surface area (Å²) in [7, 11) is 0. The molecule has 0 spiro atoms. The van der Waals surface area contributed by atoms with Gasteiger partial charge >= 0.3 is 5.97 Å². The number of hydrogen-bond acceptors (Lipinski definition) is 6. The van der Waals surface area contributed by atoms with Crippen LogP contribution in [0.25, 0.3) is 0 Å². The van der Waals surface area contributed by atoms with E-state index in [0.29, 0.717) is 17.8 Å². The molecule has 1 saturated heterocycles. The van der Waals surface area contributed by atoms with Crippen molar-refractivity contribution in [1.82, 2.24) is 25.9 Å². The Labute approximate surface area is 127 Å². The normalized spacial score (nSPS) is 32.6. The minimum absolute atomic E-state index is 0.348. The Hall–Kier alpha value is -1.15. The molecule has 1 aliphatic heterocycles. The summed E-state index contributed by atoms with van der Waals surface area (Å²) in [5, 5.41) is 26.8. The third-order valence-corrected chi connectivity index (χ3v) is 5.69. The quantitative estimate of drug-likeness (QED) is 0.701.